The molecule has 3 N–H and O–H groups in total. The molecular weight excluding hydrogens is 283 g/mol. The number of carbonyl (C=O) groups is 1. The van der Waals surface area contributed by atoms with Crippen LogP contribution in [0.4, 0.5) is 4.39 Å². The van der Waals surface area contributed by atoms with Crippen LogP contribution in [0.3, 0.4) is 0 Å². The Morgan fingerprint density at radius 1 is 1.45 bits per heavy atom. The third kappa shape index (κ3) is 3.14. The molecule has 0 aliphatic heterocycles. The molecule has 1 aromatic carbocycles. The standard InChI is InChI=1S/C12H13FN4O2S/c13-8-3-1-2-4-10(8)20-6-5-17-9(7-14)11(12(18)19)15-16-17/h1-4H,5-7,14H2,(H,18,19). The van der Waals surface area contributed by atoms with Gasteiger partial charge in [-0.15, -0.1) is 16.9 Å². The van der Waals surface area contributed by atoms with Crippen molar-refractivity contribution in [1.82, 2.24) is 15.0 Å². The number of rotatable bonds is 6. The monoisotopic (exact) mass is 296 g/mol. The number of carboxylic acids is 1. The Balaban J connectivity index is 2.01. The van der Waals surface area contributed by atoms with Gasteiger partial charge in [0.2, 0.25) is 0 Å². The van der Waals surface area contributed by atoms with Crippen LogP contribution < -0.4 is 5.73 Å². The summed E-state index contributed by atoms with van der Waals surface area (Å²) < 4.78 is 14.9. The van der Waals surface area contributed by atoms with Gasteiger partial charge in [-0.1, -0.05) is 17.3 Å². The molecule has 0 aliphatic rings. The average molecular weight is 296 g/mol. The predicted octanol–water partition coefficient (Wildman–Crippen LogP) is 1.37. The number of halogens is 1. The number of hydrogen-bond donors (Lipinski definition) is 2. The summed E-state index contributed by atoms with van der Waals surface area (Å²) >= 11 is 1.33. The minimum Gasteiger partial charge on any atom is -0.476 e. The fourth-order valence-corrected chi connectivity index (χ4v) is 2.55. The van der Waals surface area contributed by atoms with Crippen molar-refractivity contribution in [2.45, 2.75) is 18.0 Å². The van der Waals surface area contributed by atoms with Crippen molar-refractivity contribution >= 4 is 17.7 Å². The summed E-state index contributed by atoms with van der Waals surface area (Å²) in [5.74, 6) is -0.893. The van der Waals surface area contributed by atoms with Gasteiger partial charge in [-0.2, -0.15) is 0 Å². The van der Waals surface area contributed by atoms with Gasteiger partial charge in [0.25, 0.3) is 0 Å². The van der Waals surface area contributed by atoms with Crippen LogP contribution in [0.5, 0.6) is 0 Å². The number of thioether (sulfide) groups is 1. The van der Waals surface area contributed by atoms with Crippen molar-refractivity contribution in [2.75, 3.05) is 5.75 Å². The molecule has 0 bridgehead atoms. The van der Waals surface area contributed by atoms with E-state index in [1.807, 2.05) is 0 Å². The van der Waals surface area contributed by atoms with Gasteiger partial charge in [0, 0.05) is 17.2 Å². The molecule has 20 heavy (non-hydrogen) atoms. The molecule has 2 aromatic rings. The first-order chi connectivity index (χ1) is 9.63. The Bertz CT molecular complexity index is 617. The number of nitrogens with zero attached hydrogens (tertiary/aromatic N) is 3. The molecule has 0 fully saturated rings. The number of nitrogens with two attached hydrogens (primary N) is 1. The second-order valence-corrected chi connectivity index (χ2v) is 5.03. The summed E-state index contributed by atoms with van der Waals surface area (Å²) in [6, 6.07) is 6.47. The molecule has 0 atom stereocenters. The molecule has 8 heteroatoms. The lowest BCUT2D eigenvalue weighted by Gasteiger charge is -2.05. The third-order valence-corrected chi connectivity index (χ3v) is 3.66. The molecule has 6 nitrogen and oxygen atoms in total. The van der Waals surface area contributed by atoms with Crippen molar-refractivity contribution in [1.29, 1.82) is 0 Å². The summed E-state index contributed by atoms with van der Waals surface area (Å²) in [4.78, 5) is 11.4. The maximum atomic E-state index is 13.4. The Labute approximate surface area is 118 Å². The van der Waals surface area contributed by atoms with Crippen LogP contribution in [0.2, 0.25) is 0 Å². The topological polar surface area (TPSA) is 94.0 Å². The first kappa shape index (κ1) is 14.5. The van der Waals surface area contributed by atoms with E-state index in [9.17, 15) is 9.18 Å². The summed E-state index contributed by atoms with van der Waals surface area (Å²) in [5.41, 5.74) is 5.74. The maximum absolute atomic E-state index is 13.4. The van der Waals surface area contributed by atoms with Crippen molar-refractivity contribution in [3.8, 4) is 0 Å². The highest BCUT2D eigenvalue weighted by Crippen LogP contribution is 2.21. The highest BCUT2D eigenvalue weighted by atomic mass is 32.2. The van der Waals surface area contributed by atoms with Gasteiger partial charge < -0.3 is 10.8 Å². The average Bonchev–Trinajstić information content (AvgIpc) is 2.84. The van der Waals surface area contributed by atoms with Gasteiger partial charge in [-0.05, 0) is 12.1 Å². The number of aromatic carboxylic acids is 1. The Kier molecular flexibility index (Phi) is 4.70. The molecule has 0 saturated heterocycles. The van der Waals surface area contributed by atoms with E-state index in [0.717, 1.165) is 0 Å². The molecule has 0 saturated carbocycles. The van der Waals surface area contributed by atoms with Gasteiger partial charge >= 0.3 is 5.97 Å². The SMILES string of the molecule is NCc1c(C(=O)O)nnn1CCSc1ccccc1F. The summed E-state index contributed by atoms with van der Waals surface area (Å²) in [6.07, 6.45) is 0. The van der Waals surface area contributed by atoms with Gasteiger partial charge in [0.15, 0.2) is 5.69 Å². The smallest absolute Gasteiger partial charge is 0.358 e. The van der Waals surface area contributed by atoms with Gasteiger partial charge in [0.05, 0.1) is 12.2 Å². The second kappa shape index (κ2) is 6.49. The van der Waals surface area contributed by atoms with Crippen LogP contribution in [-0.4, -0.2) is 31.8 Å². The molecule has 106 valence electrons. The molecule has 0 aliphatic carbocycles. The van der Waals surface area contributed by atoms with E-state index in [1.165, 1.54) is 22.5 Å². The lowest BCUT2D eigenvalue weighted by atomic mass is 10.3. The van der Waals surface area contributed by atoms with Gasteiger partial charge in [-0.3, -0.25) is 0 Å². The van der Waals surface area contributed by atoms with Crippen molar-refractivity contribution < 1.29 is 14.3 Å². The van der Waals surface area contributed by atoms with E-state index in [4.69, 9.17) is 10.8 Å². The lowest BCUT2D eigenvalue weighted by Crippen LogP contribution is -2.13. The molecule has 2 rings (SSSR count). The fraction of sp³-hybridized carbons (Fsp3) is 0.250. The van der Waals surface area contributed by atoms with E-state index in [1.54, 1.807) is 18.2 Å². The highest BCUT2D eigenvalue weighted by Gasteiger charge is 2.17. The Morgan fingerprint density at radius 2 is 2.20 bits per heavy atom. The Hall–Kier alpha value is -1.93. The normalized spacial score (nSPS) is 10.7. The molecule has 1 aromatic heterocycles. The largest absolute Gasteiger partial charge is 0.476 e. The van der Waals surface area contributed by atoms with Gasteiger partial charge in [0.1, 0.15) is 5.82 Å². The van der Waals surface area contributed by atoms with Crippen molar-refractivity contribution in [2.24, 2.45) is 5.73 Å². The zero-order valence-corrected chi connectivity index (χ0v) is 11.3. The highest BCUT2D eigenvalue weighted by molar-refractivity contribution is 7.99. The Morgan fingerprint density at radius 3 is 2.85 bits per heavy atom. The van der Waals surface area contributed by atoms with Crippen LogP contribution in [0, 0.1) is 5.82 Å². The molecule has 0 unspecified atom stereocenters. The van der Waals surface area contributed by atoms with Crippen LogP contribution >= 0.6 is 11.8 Å². The number of aryl methyl sites for hydroxylation is 1. The summed E-state index contributed by atoms with van der Waals surface area (Å²) in [5, 5.41) is 16.3. The molecule has 0 radical (unpaired) electrons. The van der Waals surface area contributed by atoms with Crippen LogP contribution in [0.25, 0.3) is 0 Å². The van der Waals surface area contributed by atoms with Gasteiger partial charge in [-0.25, -0.2) is 13.9 Å². The molecular formula is C12H13FN4O2S. The van der Waals surface area contributed by atoms with E-state index < -0.39 is 5.97 Å². The van der Waals surface area contributed by atoms with E-state index in [-0.39, 0.29) is 18.1 Å². The molecule has 0 amide bonds. The zero-order chi connectivity index (χ0) is 14.5. The van der Waals surface area contributed by atoms with Crippen LogP contribution in [-0.2, 0) is 13.1 Å². The second-order valence-electron chi connectivity index (χ2n) is 3.90. The fourth-order valence-electron chi connectivity index (χ4n) is 1.68. The van der Waals surface area contributed by atoms with E-state index in [0.29, 0.717) is 22.9 Å². The molecule has 1 heterocycles. The predicted molar refractivity (Wildman–Crippen MR) is 72.0 cm³/mol. The minimum atomic E-state index is -1.15. The number of aromatic nitrogens is 3. The molecule has 0 spiro atoms. The van der Waals surface area contributed by atoms with E-state index >= 15 is 0 Å². The minimum absolute atomic E-state index is 0.0407. The zero-order valence-electron chi connectivity index (χ0n) is 10.5. The quantitative estimate of drug-likeness (QED) is 0.782. The van der Waals surface area contributed by atoms with Crippen LogP contribution in [0.15, 0.2) is 29.2 Å². The number of benzene rings is 1. The van der Waals surface area contributed by atoms with Crippen molar-refractivity contribution in [3.05, 3.63) is 41.5 Å². The first-order valence-corrected chi connectivity index (χ1v) is 6.85. The van der Waals surface area contributed by atoms with Crippen molar-refractivity contribution in [3.63, 3.8) is 0 Å². The third-order valence-electron chi connectivity index (χ3n) is 2.63. The van der Waals surface area contributed by atoms with E-state index in [2.05, 4.69) is 10.3 Å². The first-order valence-electron chi connectivity index (χ1n) is 5.86. The number of carboxylic acid groups (broad SMARTS) is 1. The lowest BCUT2D eigenvalue weighted by molar-refractivity contribution is 0.0689. The summed E-state index contributed by atoms with van der Waals surface area (Å²) in [7, 11) is 0. The summed E-state index contributed by atoms with van der Waals surface area (Å²) in [6.45, 7) is 0.449. The maximum Gasteiger partial charge on any atom is 0.358 e. The number of hydrogen-bond acceptors (Lipinski definition) is 5. The van der Waals surface area contributed by atoms with Crippen LogP contribution in [0.1, 0.15) is 16.2 Å².